The van der Waals surface area contributed by atoms with Gasteiger partial charge in [0.2, 0.25) is 5.91 Å². The van der Waals surface area contributed by atoms with Gasteiger partial charge in [-0.25, -0.2) is 4.39 Å². The highest BCUT2D eigenvalue weighted by Gasteiger charge is 2.09. The number of benzene rings is 2. The van der Waals surface area contributed by atoms with E-state index in [0.717, 1.165) is 41.6 Å². The summed E-state index contributed by atoms with van der Waals surface area (Å²) in [6, 6.07) is 12.6. The number of hydrogen-bond acceptors (Lipinski definition) is 2. The van der Waals surface area contributed by atoms with Gasteiger partial charge in [-0.2, -0.15) is 0 Å². The molecule has 0 bridgehead atoms. The number of nitrogens with one attached hydrogen (secondary N) is 2. The maximum absolute atomic E-state index is 12.8. The second-order valence-corrected chi connectivity index (χ2v) is 5.76. The van der Waals surface area contributed by atoms with E-state index < -0.39 is 0 Å². The topological polar surface area (TPSA) is 41.1 Å². The summed E-state index contributed by atoms with van der Waals surface area (Å²) in [6.45, 7) is 5.12. The van der Waals surface area contributed by atoms with Crippen molar-refractivity contribution in [3.05, 3.63) is 65.0 Å². The highest BCUT2D eigenvalue weighted by atomic mass is 19.1. The molecule has 0 radical (unpaired) electrons. The van der Waals surface area contributed by atoms with E-state index in [1.54, 1.807) is 12.1 Å². The number of amides is 1. The largest absolute Gasteiger partial charge is 0.324 e. The highest BCUT2D eigenvalue weighted by Crippen LogP contribution is 2.22. The van der Waals surface area contributed by atoms with E-state index in [2.05, 4.69) is 36.6 Å². The third-order valence-corrected chi connectivity index (χ3v) is 4.05. The van der Waals surface area contributed by atoms with Crippen molar-refractivity contribution >= 4 is 11.6 Å². The molecule has 24 heavy (non-hydrogen) atoms. The van der Waals surface area contributed by atoms with Crippen LogP contribution in [0.15, 0.2) is 42.5 Å². The standard InChI is InChI=1S/C20H25FN2O/c1-3-16-6-5-7-17(4-2)20(16)23-19(24)14-22-13-12-15-8-10-18(21)11-9-15/h5-11,22H,3-4,12-14H2,1-2H3,(H,23,24). The summed E-state index contributed by atoms with van der Waals surface area (Å²) in [6.07, 6.45) is 2.54. The van der Waals surface area contributed by atoms with Crippen LogP contribution in [0.5, 0.6) is 0 Å². The van der Waals surface area contributed by atoms with Crippen LogP contribution in [0.2, 0.25) is 0 Å². The van der Waals surface area contributed by atoms with Crippen LogP contribution in [-0.4, -0.2) is 19.0 Å². The maximum atomic E-state index is 12.8. The molecule has 0 heterocycles. The smallest absolute Gasteiger partial charge is 0.238 e. The van der Waals surface area contributed by atoms with Crippen LogP contribution in [0.3, 0.4) is 0 Å². The lowest BCUT2D eigenvalue weighted by Gasteiger charge is -2.14. The number of carbonyl (C=O) groups is 1. The Kier molecular flexibility index (Phi) is 6.94. The SMILES string of the molecule is CCc1cccc(CC)c1NC(=O)CNCCc1ccc(F)cc1. The molecule has 2 N–H and O–H groups in total. The van der Waals surface area contributed by atoms with E-state index in [4.69, 9.17) is 0 Å². The second kappa shape index (κ2) is 9.18. The van der Waals surface area contributed by atoms with Gasteiger partial charge in [-0.3, -0.25) is 4.79 Å². The first-order chi connectivity index (χ1) is 11.6. The molecular formula is C20H25FN2O. The van der Waals surface area contributed by atoms with Gasteiger partial charge in [0.15, 0.2) is 0 Å². The second-order valence-electron chi connectivity index (χ2n) is 5.76. The zero-order valence-electron chi connectivity index (χ0n) is 14.4. The van der Waals surface area contributed by atoms with Crippen LogP contribution in [0.4, 0.5) is 10.1 Å². The van der Waals surface area contributed by atoms with Crippen molar-refractivity contribution in [1.82, 2.24) is 5.32 Å². The Balaban J connectivity index is 1.82. The van der Waals surface area contributed by atoms with Crippen molar-refractivity contribution in [2.75, 3.05) is 18.4 Å². The van der Waals surface area contributed by atoms with Crippen LogP contribution >= 0.6 is 0 Å². The van der Waals surface area contributed by atoms with E-state index >= 15 is 0 Å². The minimum absolute atomic E-state index is 0.0373. The molecule has 2 aromatic carbocycles. The first-order valence-electron chi connectivity index (χ1n) is 8.49. The van der Waals surface area contributed by atoms with Crippen LogP contribution < -0.4 is 10.6 Å². The summed E-state index contributed by atoms with van der Waals surface area (Å²) in [4.78, 5) is 12.2. The van der Waals surface area contributed by atoms with E-state index in [1.165, 1.54) is 12.1 Å². The van der Waals surface area contributed by atoms with Gasteiger partial charge in [-0.05, 0) is 54.6 Å². The number of para-hydroxylation sites is 1. The Morgan fingerprint density at radius 1 is 1.00 bits per heavy atom. The maximum Gasteiger partial charge on any atom is 0.238 e. The highest BCUT2D eigenvalue weighted by molar-refractivity contribution is 5.93. The first kappa shape index (κ1) is 18.1. The van der Waals surface area contributed by atoms with Crippen LogP contribution in [0, 0.1) is 5.82 Å². The molecule has 4 heteroatoms. The minimum atomic E-state index is -0.229. The van der Waals surface area contributed by atoms with Gasteiger partial charge in [0, 0.05) is 5.69 Å². The molecule has 0 atom stereocenters. The summed E-state index contributed by atoms with van der Waals surface area (Å²) >= 11 is 0. The van der Waals surface area contributed by atoms with Crippen molar-refractivity contribution in [2.45, 2.75) is 33.1 Å². The van der Waals surface area contributed by atoms with E-state index in [0.29, 0.717) is 6.54 Å². The fourth-order valence-electron chi connectivity index (χ4n) is 2.67. The Morgan fingerprint density at radius 2 is 1.62 bits per heavy atom. The summed E-state index contributed by atoms with van der Waals surface area (Å²) < 4.78 is 12.8. The van der Waals surface area contributed by atoms with Gasteiger partial charge in [0.05, 0.1) is 6.54 Å². The van der Waals surface area contributed by atoms with E-state index in [1.807, 2.05) is 6.07 Å². The summed E-state index contributed by atoms with van der Waals surface area (Å²) in [7, 11) is 0. The molecule has 2 rings (SSSR count). The normalized spacial score (nSPS) is 10.6. The Hall–Kier alpha value is -2.20. The number of hydrogen-bond donors (Lipinski definition) is 2. The average Bonchev–Trinajstić information content (AvgIpc) is 2.60. The number of halogens is 1. The molecule has 128 valence electrons. The fourth-order valence-corrected chi connectivity index (χ4v) is 2.67. The van der Waals surface area contributed by atoms with Gasteiger partial charge in [0.1, 0.15) is 5.82 Å². The van der Waals surface area contributed by atoms with Gasteiger partial charge >= 0.3 is 0 Å². The Labute approximate surface area is 143 Å². The Bertz CT molecular complexity index is 646. The molecule has 0 fully saturated rings. The predicted molar refractivity (Wildman–Crippen MR) is 96.8 cm³/mol. The van der Waals surface area contributed by atoms with Crippen molar-refractivity contribution in [1.29, 1.82) is 0 Å². The van der Waals surface area contributed by atoms with Crippen LogP contribution in [0.1, 0.15) is 30.5 Å². The predicted octanol–water partition coefficient (Wildman–Crippen LogP) is 3.72. The zero-order chi connectivity index (χ0) is 17.4. The van der Waals surface area contributed by atoms with Crippen LogP contribution in [-0.2, 0) is 24.1 Å². The van der Waals surface area contributed by atoms with Gasteiger partial charge in [-0.15, -0.1) is 0 Å². The minimum Gasteiger partial charge on any atom is -0.324 e. The molecule has 1 amide bonds. The van der Waals surface area contributed by atoms with E-state index in [9.17, 15) is 9.18 Å². The number of aryl methyl sites for hydroxylation is 2. The average molecular weight is 328 g/mol. The molecule has 0 unspecified atom stereocenters. The Morgan fingerprint density at radius 3 is 2.21 bits per heavy atom. The summed E-state index contributed by atoms with van der Waals surface area (Å²) in [5.41, 5.74) is 4.32. The van der Waals surface area contributed by atoms with Gasteiger partial charge < -0.3 is 10.6 Å². The molecule has 0 aliphatic heterocycles. The third kappa shape index (κ3) is 5.17. The van der Waals surface area contributed by atoms with Gasteiger partial charge in [-0.1, -0.05) is 44.2 Å². The third-order valence-electron chi connectivity index (χ3n) is 4.05. The molecule has 0 aliphatic carbocycles. The molecular weight excluding hydrogens is 303 g/mol. The first-order valence-corrected chi connectivity index (χ1v) is 8.49. The van der Waals surface area contributed by atoms with Crippen LogP contribution in [0.25, 0.3) is 0 Å². The lowest BCUT2D eigenvalue weighted by Crippen LogP contribution is -2.30. The lowest BCUT2D eigenvalue weighted by molar-refractivity contribution is -0.115. The van der Waals surface area contributed by atoms with Crippen molar-refractivity contribution < 1.29 is 9.18 Å². The number of anilines is 1. The van der Waals surface area contributed by atoms with Crippen molar-refractivity contribution in [3.8, 4) is 0 Å². The monoisotopic (exact) mass is 328 g/mol. The summed E-state index contributed by atoms with van der Waals surface area (Å²) in [5.74, 6) is -0.267. The number of rotatable bonds is 8. The molecule has 3 nitrogen and oxygen atoms in total. The molecule has 2 aromatic rings. The van der Waals surface area contributed by atoms with Crippen molar-refractivity contribution in [3.63, 3.8) is 0 Å². The van der Waals surface area contributed by atoms with E-state index in [-0.39, 0.29) is 18.3 Å². The zero-order valence-corrected chi connectivity index (χ0v) is 14.4. The molecule has 0 spiro atoms. The molecule has 0 saturated carbocycles. The molecule has 0 aliphatic rings. The molecule has 0 aromatic heterocycles. The van der Waals surface area contributed by atoms with Crippen molar-refractivity contribution in [2.24, 2.45) is 0 Å². The lowest BCUT2D eigenvalue weighted by atomic mass is 10.0. The number of carbonyl (C=O) groups excluding carboxylic acids is 1. The molecule has 0 saturated heterocycles. The summed E-state index contributed by atoms with van der Waals surface area (Å²) in [5, 5.41) is 6.17. The quantitative estimate of drug-likeness (QED) is 0.725. The fraction of sp³-hybridized carbons (Fsp3) is 0.350. The van der Waals surface area contributed by atoms with Gasteiger partial charge in [0.25, 0.3) is 0 Å².